The second-order valence-corrected chi connectivity index (χ2v) is 8.13. The molecule has 0 N–H and O–H groups in total. The Hall–Kier alpha value is -1.43. The molecule has 0 amide bonds. The first-order chi connectivity index (χ1) is 9.45. The normalized spacial score (nSPS) is 10.5. The van der Waals surface area contributed by atoms with E-state index in [0.29, 0.717) is 0 Å². The monoisotopic (exact) mass is 370 g/mol. The van der Waals surface area contributed by atoms with Crippen molar-refractivity contribution in [1.29, 1.82) is 0 Å². The minimum atomic E-state index is -1.21. The summed E-state index contributed by atoms with van der Waals surface area (Å²) in [6.45, 7) is 0. The van der Waals surface area contributed by atoms with Crippen LogP contribution in [-0.2, 0) is 16.0 Å². The molecule has 0 saturated carbocycles. The SMILES string of the molecule is Cl.c1cc[c]([Rh]([c]2ccccc2)[c]2ccccc2)cc1. The predicted molar refractivity (Wildman–Crippen MR) is 85.5 cm³/mol. The van der Waals surface area contributed by atoms with E-state index in [1.165, 1.54) is 12.5 Å². The van der Waals surface area contributed by atoms with Crippen molar-refractivity contribution < 1.29 is 16.0 Å². The molecule has 0 aromatic heterocycles. The maximum atomic E-state index is 2.26. The van der Waals surface area contributed by atoms with Crippen molar-refractivity contribution in [2.24, 2.45) is 0 Å². The average molecular weight is 371 g/mol. The molecule has 0 bridgehead atoms. The summed E-state index contributed by atoms with van der Waals surface area (Å²) in [7, 11) is 0. The van der Waals surface area contributed by atoms with E-state index in [2.05, 4.69) is 91.0 Å². The van der Waals surface area contributed by atoms with Crippen LogP contribution in [0.4, 0.5) is 0 Å². The van der Waals surface area contributed by atoms with Gasteiger partial charge in [-0.05, 0) is 0 Å². The average Bonchev–Trinajstić information content (AvgIpc) is 2.51. The van der Waals surface area contributed by atoms with Crippen LogP contribution in [0.25, 0.3) is 0 Å². The van der Waals surface area contributed by atoms with Gasteiger partial charge in [-0.1, -0.05) is 0 Å². The molecule has 0 aliphatic rings. The Morgan fingerprint density at radius 1 is 0.400 bits per heavy atom. The van der Waals surface area contributed by atoms with Gasteiger partial charge in [-0.2, -0.15) is 0 Å². The quantitative estimate of drug-likeness (QED) is 0.622. The number of halogens is 1. The molecule has 0 radical (unpaired) electrons. The Morgan fingerprint density at radius 2 is 0.650 bits per heavy atom. The zero-order valence-corrected chi connectivity index (χ0v) is 13.4. The van der Waals surface area contributed by atoms with E-state index in [9.17, 15) is 0 Å². The van der Waals surface area contributed by atoms with Gasteiger partial charge in [-0.15, -0.1) is 12.4 Å². The minimum absolute atomic E-state index is 0. The molecule has 104 valence electrons. The Bertz CT molecular complexity index is 529. The van der Waals surface area contributed by atoms with E-state index in [4.69, 9.17) is 0 Å². The van der Waals surface area contributed by atoms with Gasteiger partial charge in [-0.25, -0.2) is 0 Å². The second kappa shape index (κ2) is 7.38. The van der Waals surface area contributed by atoms with E-state index in [1.807, 2.05) is 0 Å². The van der Waals surface area contributed by atoms with E-state index in [1.54, 1.807) is 0 Å². The van der Waals surface area contributed by atoms with Gasteiger partial charge in [0.15, 0.2) is 0 Å². The van der Waals surface area contributed by atoms with Crippen molar-refractivity contribution in [1.82, 2.24) is 0 Å². The van der Waals surface area contributed by atoms with Crippen LogP contribution in [0.15, 0.2) is 91.0 Å². The van der Waals surface area contributed by atoms with Crippen molar-refractivity contribution in [3.05, 3.63) is 91.0 Å². The molecule has 3 aromatic rings. The molecule has 0 heterocycles. The zero-order chi connectivity index (χ0) is 12.9. The second-order valence-electron chi connectivity index (χ2n) is 4.06. The summed E-state index contributed by atoms with van der Waals surface area (Å²) in [5, 5.41) is 0. The molecule has 20 heavy (non-hydrogen) atoms. The third kappa shape index (κ3) is 3.36. The molecule has 0 spiro atoms. The summed E-state index contributed by atoms with van der Waals surface area (Å²) in [5.74, 6) is 0. The standard InChI is InChI=1S/3C6H5.ClH.Rh/c3*1-2-4-6-5-3-1;;/h3*1-5H;1H;. The molecule has 0 atom stereocenters. The molecular formula is C18H16ClRh. The molecule has 3 aromatic carbocycles. The van der Waals surface area contributed by atoms with Crippen LogP contribution in [0, 0.1) is 0 Å². The van der Waals surface area contributed by atoms with Gasteiger partial charge in [-0.3, -0.25) is 0 Å². The van der Waals surface area contributed by atoms with Crippen molar-refractivity contribution in [3.63, 3.8) is 0 Å². The first-order valence-electron chi connectivity index (χ1n) is 6.23. The molecule has 3 rings (SSSR count). The molecule has 0 aliphatic heterocycles. The van der Waals surface area contributed by atoms with Crippen LogP contribution < -0.4 is 12.5 Å². The van der Waals surface area contributed by atoms with Crippen molar-refractivity contribution in [3.8, 4) is 0 Å². The first-order valence-corrected chi connectivity index (χ1v) is 8.69. The topological polar surface area (TPSA) is 0 Å². The van der Waals surface area contributed by atoms with Gasteiger partial charge in [0, 0.05) is 0 Å². The molecule has 0 saturated heterocycles. The fraction of sp³-hybridized carbons (Fsp3) is 0. The fourth-order valence-electron chi connectivity index (χ4n) is 1.88. The Balaban J connectivity index is 0.00000147. The van der Waals surface area contributed by atoms with Crippen molar-refractivity contribution in [2.75, 3.05) is 0 Å². The number of hydrogen-bond donors (Lipinski definition) is 0. The Morgan fingerprint density at radius 3 is 0.900 bits per heavy atom. The summed E-state index contributed by atoms with van der Waals surface area (Å²) >= 11 is -1.21. The van der Waals surface area contributed by atoms with Crippen molar-refractivity contribution in [2.45, 2.75) is 0 Å². The third-order valence-corrected chi connectivity index (χ3v) is 7.21. The Labute approximate surface area is 131 Å². The molecular weight excluding hydrogens is 355 g/mol. The summed E-state index contributed by atoms with van der Waals surface area (Å²) in [5.41, 5.74) is 0. The fourth-order valence-corrected chi connectivity index (χ4v) is 6.11. The van der Waals surface area contributed by atoms with E-state index >= 15 is 0 Å². The van der Waals surface area contributed by atoms with Gasteiger partial charge in [0.1, 0.15) is 0 Å². The van der Waals surface area contributed by atoms with Gasteiger partial charge >= 0.3 is 119 Å². The van der Waals surface area contributed by atoms with E-state index in [0.717, 1.165) is 0 Å². The Kier molecular flexibility index (Phi) is 5.53. The number of hydrogen-bond acceptors (Lipinski definition) is 0. The van der Waals surface area contributed by atoms with Crippen LogP contribution >= 0.6 is 12.4 Å². The van der Waals surface area contributed by atoms with Crippen LogP contribution in [0.1, 0.15) is 0 Å². The summed E-state index contributed by atoms with van der Waals surface area (Å²) in [6, 6.07) is 32.6. The van der Waals surface area contributed by atoms with Gasteiger partial charge in [0.05, 0.1) is 0 Å². The molecule has 0 unspecified atom stereocenters. The summed E-state index contributed by atoms with van der Waals surface area (Å²) in [6.07, 6.45) is 0. The summed E-state index contributed by atoms with van der Waals surface area (Å²) < 4.78 is 4.39. The number of rotatable bonds is 3. The van der Waals surface area contributed by atoms with Gasteiger partial charge < -0.3 is 0 Å². The zero-order valence-electron chi connectivity index (χ0n) is 10.9. The van der Waals surface area contributed by atoms with Crippen molar-refractivity contribution >= 4 is 24.9 Å². The molecule has 0 fully saturated rings. The van der Waals surface area contributed by atoms with Crippen LogP contribution in [-0.4, -0.2) is 0 Å². The van der Waals surface area contributed by atoms with E-state index < -0.39 is 16.0 Å². The van der Waals surface area contributed by atoms with Crippen LogP contribution in [0.3, 0.4) is 0 Å². The molecule has 2 heteroatoms. The first kappa shape index (κ1) is 15.0. The van der Waals surface area contributed by atoms with E-state index in [-0.39, 0.29) is 12.4 Å². The molecule has 0 nitrogen and oxygen atoms in total. The predicted octanol–water partition coefficient (Wildman–Crippen LogP) is 3.00. The van der Waals surface area contributed by atoms with Crippen LogP contribution in [0.2, 0.25) is 0 Å². The molecule has 0 aliphatic carbocycles. The van der Waals surface area contributed by atoms with Gasteiger partial charge in [0.25, 0.3) is 0 Å². The maximum absolute atomic E-state index is 2.26. The number of benzene rings is 3. The van der Waals surface area contributed by atoms with Crippen LogP contribution in [0.5, 0.6) is 0 Å². The van der Waals surface area contributed by atoms with Gasteiger partial charge in [0.2, 0.25) is 0 Å². The third-order valence-electron chi connectivity index (χ3n) is 2.73. The summed E-state index contributed by atoms with van der Waals surface area (Å²) in [4.78, 5) is 0.